The van der Waals surface area contributed by atoms with Crippen LogP contribution in [-0.4, -0.2) is 29.9 Å². The van der Waals surface area contributed by atoms with Crippen LogP contribution in [0, 0.1) is 0 Å². The third-order valence-corrected chi connectivity index (χ3v) is 3.22. The fourth-order valence-corrected chi connectivity index (χ4v) is 2.10. The standard InChI is InChI=1S/C12H14ClN3O2/c1-7-11(17)15-10-4-3-9(13)5-8(10)6-16(7)12(18)14-2/h3-5,7H,6H2,1-2H3,(H,14,18)(H,15,17)/t7-/m0/s1. The first kappa shape index (κ1) is 12.7. The number of hydrogen-bond acceptors (Lipinski definition) is 2. The van der Waals surface area contributed by atoms with E-state index in [0.717, 1.165) is 5.56 Å². The maximum atomic E-state index is 11.9. The minimum Gasteiger partial charge on any atom is -0.341 e. The number of benzene rings is 1. The highest BCUT2D eigenvalue weighted by Gasteiger charge is 2.29. The molecule has 1 aliphatic rings. The number of amides is 3. The van der Waals surface area contributed by atoms with Crippen LogP contribution in [0.2, 0.25) is 5.02 Å². The predicted octanol–water partition coefficient (Wildman–Crippen LogP) is 1.82. The summed E-state index contributed by atoms with van der Waals surface area (Å²) in [4.78, 5) is 25.2. The molecule has 0 saturated heterocycles. The first-order valence-corrected chi connectivity index (χ1v) is 5.98. The first-order chi connectivity index (χ1) is 8.52. The highest BCUT2D eigenvalue weighted by Crippen LogP contribution is 2.26. The number of carbonyl (C=O) groups excluding carboxylic acids is 2. The predicted molar refractivity (Wildman–Crippen MR) is 69.5 cm³/mol. The molecule has 0 spiro atoms. The molecule has 96 valence electrons. The van der Waals surface area contributed by atoms with Crippen LogP contribution in [0.15, 0.2) is 18.2 Å². The van der Waals surface area contributed by atoms with Gasteiger partial charge >= 0.3 is 6.03 Å². The monoisotopic (exact) mass is 267 g/mol. The van der Waals surface area contributed by atoms with E-state index in [4.69, 9.17) is 11.6 Å². The van der Waals surface area contributed by atoms with Gasteiger partial charge in [-0.2, -0.15) is 0 Å². The Labute approximate surface area is 110 Å². The van der Waals surface area contributed by atoms with Gasteiger partial charge < -0.3 is 15.5 Å². The van der Waals surface area contributed by atoms with Crippen molar-refractivity contribution in [2.45, 2.75) is 19.5 Å². The fourth-order valence-electron chi connectivity index (χ4n) is 1.91. The van der Waals surface area contributed by atoms with Crippen molar-refractivity contribution >= 4 is 29.2 Å². The highest BCUT2D eigenvalue weighted by molar-refractivity contribution is 6.30. The molecule has 1 aliphatic heterocycles. The second-order valence-electron chi connectivity index (χ2n) is 4.15. The Morgan fingerprint density at radius 1 is 1.56 bits per heavy atom. The number of urea groups is 1. The van der Waals surface area contributed by atoms with Crippen molar-refractivity contribution in [2.75, 3.05) is 12.4 Å². The highest BCUT2D eigenvalue weighted by atomic mass is 35.5. The molecule has 1 aromatic carbocycles. The van der Waals surface area contributed by atoms with E-state index in [1.165, 1.54) is 11.9 Å². The van der Waals surface area contributed by atoms with E-state index in [2.05, 4.69) is 10.6 Å². The van der Waals surface area contributed by atoms with Gasteiger partial charge in [0.05, 0.1) is 6.54 Å². The molecule has 2 N–H and O–H groups in total. The molecule has 2 rings (SSSR count). The molecule has 1 heterocycles. The van der Waals surface area contributed by atoms with E-state index in [-0.39, 0.29) is 11.9 Å². The van der Waals surface area contributed by atoms with Crippen LogP contribution in [-0.2, 0) is 11.3 Å². The molecule has 0 unspecified atom stereocenters. The summed E-state index contributed by atoms with van der Waals surface area (Å²) in [5, 5.41) is 5.90. The van der Waals surface area contributed by atoms with Crippen molar-refractivity contribution in [3.63, 3.8) is 0 Å². The topological polar surface area (TPSA) is 61.4 Å². The molecular weight excluding hydrogens is 254 g/mol. The molecule has 0 saturated carbocycles. The number of fused-ring (bicyclic) bond motifs is 1. The van der Waals surface area contributed by atoms with E-state index in [1.54, 1.807) is 25.1 Å². The molecule has 18 heavy (non-hydrogen) atoms. The second kappa shape index (κ2) is 4.86. The van der Waals surface area contributed by atoms with Crippen molar-refractivity contribution in [3.8, 4) is 0 Å². The Morgan fingerprint density at radius 3 is 2.94 bits per heavy atom. The summed E-state index contributed by atoms with van der Waals surface area (Å²) < 4.78 is 0. The summed E-state index contributed by atoms with van der Waals surface area (Å²) in [6.45, 7) is 2.04. The van der Waals surface area contributed by atoms with Crippen molar-refractivity contribution in [3.05, 3.63) is 28.8 Å². The summed E-state index contributed by atoms with van der Waals surface area (Å²) in [7, 11) is 1.54. The molecule has 3 amide bonds. The van der Waals surface area contributed by atoms with Crippen LogP contribution >= 0.6 is 11.6 Å². The molecular formula is C12H14ClN3O2. The largest absolute Gasteiger partial charge is 0.341 e. The maximum absolute atomic E-state index is 11.9. The Morgan fingerprint density at radius 2 is 2.28 bits per heavy atom. The minimum atomic E-state index is -0.531. The van der Waals surface area contributed by atoms with Gasteiger partial charge in [0.2, 0.25) is 5.91 Å². The SMILES string of the molecule is CNC(=O)N1Cc2cc(Cl)ccc2NC(=O)[C@@H]1C. The van der Waals surface area contributed by atoms with E-state index in [0.29, 0.717) is 17.3 Å². The summed E-state index contributed by atoms with van der Waals surface area (Å²) in [5.41, 5.74) is 1.52. The van der Waals surface area contributed by atoms with Crippen LogP contribution < -0.4 is 10.6 Å². The van der Waals surface area contributed by atoms with Crippen molar-refractivity contribution in [1.82, 2.24) is 10.2 Å². The number of halogens is 1. The van der Waals surface area contributed by atoms with Crippen molar-refractivity contribution in [1.29, 1.82) is 0 Å². The summed E-state index contributed by atoms with van der Waals surface area (Å²) in [6.07, 6.45) is 0. The zero-order chi connectivity index (χ0) is 13.3. The minimum absolute atomic E-state index is 0.209. The van der Waals surface area contributed by atoms with Crippen LogP contribution in [0.3, 0.4) is 0 Å². The normalized spacial score (nSPS) is 18.7. The number of rotatable bonds is 0. The fraction of sp³-hybridized carbons (Fsp3) is 0.333. The lowest BCUT2D eigenvalue weighted by Gasteiger charge is -2.25. The summed E-state index contributed by atoms with van der Waals surface area (Å²) in [6, 6.07) is 4.39. The molecule has 5 nitrogen and oxygen atoms in total. The summed E-state index contributed by atoms with van der Waals surface area (Å²) in [5.74, 6) is -0.209. The van der Waals surface area contributed by atoms with Gasteiger partial charge in [0.15, 0.2) is 0 Å². The zero-order valence-corrected chi connectivity index (χ0v) is 10.9. The van der Waals surface area contributed by atoms with Crippen LogP contribution in [0.5, 0.6) is 0 Å². The zero-order valence-electron chi connectivity index (χ0n) is 10.2. The number of carbonyl (C=O) groups is 2. The van der Waals surface area contributed by atoms with Gasteiger partial charge in [-0.15, -0.1) is 0 Å². The first-order valence-electron chi connectivity index (χ1n) is 5.60. The molecule has 0 fully saturated rings. The number of hydrogen-bond donors (Lipinski definition) is 2. The van der Waals surface area contributed by atoms with Gasteiger partial charge in [-0.1, -0.05) is 11.6 Å². The number of anilines is 1. The average Bonchev–Trinajstić information content (AvgIpc) is 2.47. The molecule has 1 aromatic rings. The van der Waals surface area contributed by atoms with Crippen LogP contribution in [0.25, 0.3) is 0 Å². The Balaban J connectivity index is 2.42. The van der Waals surface area contributed by atoms with E-state index in [9.17, 15) is 9.59 Å². The quantitative estimate of drug-likeness (QED) is 0.753. The van der Waals surface area contributed by atoms with Gasteiger partial charge in [-0.25, -0.2) is 4.79 Å². The number of nitrogens with one attached hydrogen (secondary N) is 2. The van der Waals surface area contributed by atoms with Gasteiger partial charge in [-0.05, 0) is 30.7 Å². The van der Waals surface area contributed by atoms with Crippen LogP contribution in [0.1, 0.15) is 12.5 Å². The third-order valence-electron chi connectivity index (χ3n) is 2.99. The Kier molecular flexibility index (Phi) is 3.43. The average molecular weight is 268 g/mol. The van der Waals surface area contributed by atoms with Gasteiger partial charge in [0, 0.05) is 17.8 Å². The van der Waals surface area contributed by atoms with Crippen molar-refractivity contribution < 1.29 is 9.59 Å². The molecule has 0 aliphatic carbocycles. The van der Waals surface area contributed by atoms with Gasteiger partial charge in [-0.3, -0.25) is 4.79 Å². The Bertz CT molecular complexity index is 504. The van der Waals surface area contributed by atoms with Gasteiger partial charge in [0.25, 0.3) is 0 Å². The smallest absolute Gasteiger partial charge is 0.318 e. The lowest BCUT2D eigenvalue weighted by Crippen LogP contribution is -2.46. The Hall–Kier alpha value is -1.75. The van der Waals surface area contributed by atoms with Crippen molar-refractivity contribution in [2.24, 2.45) is 0 Å². The molecule has 6 heteroatoms. The van der Waals surface area contributed by atoms with E-state index < -0.39 is 6.04 Å². The lowest BCUT2D eigenvalue weighted by molar-refractivity contribution is -0.119. The van der Waals surface area contributed by atoms with E-state index >= 15 is 0 Å². The second-order valence-corrected chi connectivity index (χ2v) is 4.59. The van der Waals surface area contributed by atoms with Crippen LogP contribution in [0.4, 0.5) is 10.5 Å². The van der Waals surface area contributed by atoms with Gasteiger partial charge in [0.1, 0.15) is 6.04 Å². The lowest BCUT2D eigenvalue weighted by atomic mass is 10.1. The maximum Gasteiger partial charge on any atom is 0.318 e. The van der Waals surface area contributed by atoms with E-state index in [1.807, 2.05) is 0 Å². The third kappa shape index (κ3) is 2.26. The molecule has 0 bridgehead atoms. The number of nitrogens with zero attached hydrogens (tertiary/aromatic N) is 1. The molecule has 0 radical (unpaired) electrons. The molecule has 0 aromatic heterocycles. The summed E-state index contributed by atoms with van der Waals surface area (Å²) >= 11 is 5.93. The molecule has 1 atom stereocenters.